The van der Waals surface area contributed by atoms with Gasteiger partial charge in [0, 0.05) is 28.9 Å². The van der Waals surface area contributed by atoms with Gasteiger partial charge >= 0.3 is 5.97 Å². The summed E-state index contributed by atoms with van der Waals surface area (Å²) in [6.07, 6.45) is 1.73. The number of hydrogen-bond acceptors (Lipinski definition) is 3. The summed E-state index contributed by atoms with van der Waals surface area (Å²) in [5, 5.41) is 1.27. The maximum atomic E-state index is 13.4. The Morgan fingerprint density at radius 1 is 0.966 bits per heavy atom. The molecule has 0 aliphatic rings. The van der Waals surface area contributed by atoms with Gasteiger partial charge in [0.2, 0.25) is 5.43 Å². The van der Waals surface area contributed by atoms with E-state index in [0.29, 0.717) is 44.0 Å². The number of benzene rings is 2. The fourth-order valence-electron chi connectivity index (χ4n) is 3.10. The average Bonchev–Trinajstić information content (AvgIpc) is 2.70. The molecule has 0 N–H and O–H groups in total. The third-order valence-electron chi connectivity index (χ3n) is 4.45. The van der Waals surface area contributed by atoms with Crippen LogP contribution >= 0.6 is 34.8 Å². The molecule has 29 heavy (non-hydrogen) atoms. The van der Waals surface area contributed by atoms with Crippen molar-refractivity contribution in [2.75, 3.05) is 6.61 Å². The van der Waals surface area contributed by atoms with Crippen LogP contribution < -0.4 is 5.43 Å². The molecule has 4 nitrogen and oxygen atoms in total. The highest BCUT2D eigenvalue weighted by molar-refractivity contribution is 6.42. The van der Waals surface area contributed by atoms with Gasteiger partial charge in [0.15, 0.2) is 0 Å². The Balaban J connectivity index is 2.36. The zero-order valence-electron chi connectivity index (χ0n) is 15.8. The van der Waals surface area contributed by atoms with Gasteiger partial charge in [-0.25, -0.2) is 4.79 Å². The molecule has 0 amide bonds. The maximum absolute atomic E-state index is 13.4. The molecule has 0 bridgehead atoms. The molecule has 0 unspecified atom stereocenters. The van der Waals surface area contributed by atoms with E-state index in [-0.39, 0.29) is 12.2 Å². The summed E-state index contributed by atoms with van der Waals surface area (Å²) in [6.45, 7) is 4.28. The number of pyridine rings is 1. The summed E-state index contributed by atoms with van der Waals surface area (Å²) in [5.41, 5.74) is 1.62. The monoisotopic (exact) mass is 449 g/mol. The quantitative estimate of drug-likeness (QED) is 0.426. The van der Waals surface area contributed by atoms with Crippen LogP contribution in [0.1, 0.15) is 24.2 Å². The molecule has 0 saturated carbocycles. The lowest BCUT2D eigenvalue weighted by Crippen LogP contribution is -2.24. The van der Waals surface area contributed by atoms with Crippen LogP contribution in [0.3, 0.4) is 0 Å². The van der Waals surface area contributed by atoms with Crippen molar-refractivity contribution in [1.29, 1.82) is 0 Å². The summed E-state index contributed by atoms with van der Waals surface area (Å²) in [5.74, 6) is -0.684. The molecule has 0 aliphatic carbocycles. The van der Waals surface area contributed by atoms with Gasteiger partial charge in [0.1, 0.15) is 5.56 Å². The SMILES string of the molecule is CCOC(=O)c1c(-c2ccc(Cl)c(Cl)c2)n(CC)cc(-c2ccc(Cl)cc2)c1=O. The van der Waals surface area contributed by atoms with Crippen molar-refractivity contribution in [1.82, 2.24) is 4.57 Å². The minimum Gasteiger partial charge on any atom is -0.462 e. The number of rotatable bonds is 5. The first-order valence-corrected chi connectivity index (χ1v) is 10.2. The molecule has 0 saturated heterocycles. The predicted molar refractivity (Wildman–Crippen MR) is 118 cm³/mol. The van der Waals surface area contributed by atoms with Crippen LogP contribution in [0.25, 0.3) is 22.4 Å². The molecule has 0 atom stereocenters. The van der Waals surface area contributed by atoms with E-state index in [0.717, 1.165) is 0 Å². The van der Waals surface area contributed by atoms with Crippen LogP contribution in [0, 0.1) is 0 Å². The van der Waals surface area contributed by atoms with Gasteiger partial charge < -0.3 is 9.30 Å². The van der Waals surface area contributed by atoms with E-state index >= 15 is 0 Å². The Kier molecular flexibility index (Phi) is 6.68. The number of aryl methyl sites for hydroxylation is 1. The van der Waals surface area contributed by atoms with Crippen LogP contribution in [-0.4, -0.2) is 17.1 Å². The fourth-order valence-corrected chi connectivity index (χ4v) is 3.52. The number of esters is 1. The molecule has 7 heteroatoms. The number of hydrogen-bond donors (Lipinski definition) is 0. The van der Waals surface area contributed by atoms with Crippen molar-refractivity contribution in [2.45, 2.75) is 20.4 Å². The third kappa shape index (κ3) is 4.35. The second kappa shape index (κ2) is 9.04. The number of halogens is 3. The summed E-state index contributed by atoms with van der Waals surface area (Å²) in [7, 11) is 0. The van der Waals surface area contributed by atoms with Crippen LogP contribution in [0.15, 0.2) is 53.5 Å². The first-order chi connectivity index (χ1) is 13.9. The van der Waals surface area contributed by atoms with Crippen LogP contribution in [0.5, 0.6) is 0 Å². The Morgan fingerprint density at radius 2 is 1.62 bits per heavy atom. The van der Waals surface area contributed by atoms with Crippen molar-refractivity contribution < 1.29 is 9.53 Å². The minimum absolute atomic E-state index is 0.0421. The van der Waals surface area contributed by atoms with Crippen molar-refractivity contribution >= 4 is 40.8 Å². The molecular formula is C22H18Cl3NO3. The molecule has 0 aliphatic heterocycles. The van der Waals surface area contributed by atoms with E-state index in [1.165, 1.54) is 0 Å². The van der Waals surface area contributed by atoms with E-state index in [1.54, 1.807) is 55.6 Å². The van der Waals surface area contributed by atoms with Crippen molar-refractivity contribution in [3.8, 4) is 22.4 Å². The number of carbonyl (C=O) groups excluding carboxylic acids is 1. The van der Waals surface area contributed by atoms with E-state index in [9.17, 15) is 9.59 Å². The molecule has 1 heterocycles. The molecule has 150 valence electrons. The largest absolute Gasteiger partial charge is 0.462 e. The Bertz CT molecular complexity index is 1120. The summed E-state index contributed by atoms with van der Waals surface area (Å²) in [4.78, 5) is 26.2. The van der Waals surface area contributed by atoms with Gasteiger partial charge in [-0.05, 0) is 43.7 Å². The third-order valence-corrected chi connectivity index (χ3v) is 5.44. The summed E-state index contributed by atoms with van der Waals surface area (Å²) >= 11 is 18.2. The lowest BCUT2D eigenvalue weighted by molar-refractivity contribution is 0.0525. The standard InChI is InChI=1S/C22H18Cl3NO3/c1-3-26-12-16(13-5-8-15(23)9-6-13)21(27)19(22(28)29-4-2)20(26)14-7-10-17(24)18(25)11-14/h5-12H,3-4H2,1-2H3. The second-order valence-electron chi connectivity index (χ2n) is 6.24. The lowest BCUT2D eigenvalue weighted by Gasteiger charge is -2.18. The van der Waals surface area contributed by atoms with Gasteiger partial charge in [-0.2, -0.15) is 0 Å². The van der Waals surface area contributed by atoms with E-state index in [1.807, 2.05) is 11.5 Å². The molecule has 0 spiro atoms. The Hall–Kier alpha value is -2.27. The maximum Gasteiger partial charge on any atom is 0.344 e. The first kappa shape index (κ1) is 21.4. The first-order valence-electron chi connectivity index (χ1n) is 9.03. The number of ether oxygens (including phenoxy) is 1. The second-order valence-corrected chi connectivity index (χ2v) is 7.49. The predicted octanol–water partition coefficient (Wildman–Crippen LogP) is 6.34. The van der Waals surface area contributed by atoms with Crippen molar-refractivity contribution in [3.63, 3.8) is 0 Å². The Labute approximate surface area is 183 Å². The summed E-state index contributed by atoms with van der Waals surface area (Å²) in [6, 6.07) is 11.9. The minimum atomic E-state index is -0.684. The highest BCUT2D eigenvalue weighted by Gasteiger charge is 2.24. The average molecular weight is 451 g/mol. The topological polar surface area (TPSA) is 48.3 Å². The van der Waals surface area contributed by atoms with Gasteiger partial charge in [-0.15, -0.1) is 0 Å². The highest BCUT2D eigenvalue weighted by atomic mass is 35.5. The highest BCUT2D eigenvalue weighted by Crippen LogP contribution is 2.31. The van der Waals surface area contributed by atoms with Gasteiger partial charge in [-0.3, -0.25) is 4.79 Å². The summed E-state index contributed by atoms with van der Waals surface area (Å²) < 4.78 is 7.03. The van der Waals surface area contributed by atoms with Gasteiger partial charge in [0.25, 0.3) is 0 Å². The van der Waals surface area contributed by atoms with E-state index < -0.39 is 11.4 Å². The molecule has 3 aromatic rings. The smallest absolute Gasteiger partial charge is 0.344 e. The van der Waals surface area contributed by atoms with Crippen molar-refractivity contribution in [2.24, 2.45) is 0 Å². The molecule has 0 radical (unpaired) electrons. The zero-order chi connectivity index (χ0) is 21.1. The van der Waals surface area contributed by atoms with Crippen LogP contribution in [0.2, 0.25) is 15.1 Å². The number of carbonyl (C=O) groups is 1. The molecule has 0 fully saturated rings. The fraction of sp³-hybridized carbons (Fsp3) is 0.182. The van der Waals surface area contributed by atoms with Gasteiger partial charge in [-0.1, -0.05) is 53.0 Å². The lowest BCUT2D eigenvalue weighted by atomic mass is 9.99. The van der Waals surface area contributed by atoms with E-state index in [2.05, 4.69) is 0 Å². The molecule has 1 aromatic heterocycles. The Morgan fingerprint density at radius 3 is 2.21 bits per heavy atom. The van der Waals surface area contributed by atoms with Gasteiger partial charge in [0.05, 0.1) is 22.3 Å². The van der Waals surface area contributed by atoms with Crippen LogP contribution in [0.4, 0.5) is 0 Å². The van der Waals surface area contributed by atoms with Crippen LogP contribution in [-0.2, 0) is 11.3 Å². The van der Waals surface area contributed by atoms with E-state index in [4.69, 9.17) is 39.5 Å². The number of aromatic nitrogens is 1. The molecule has 3 rings (SSSR count). The zero-order valence-corrected chi connectivity index (χ0v) is 18.1. The number of nitrogens with zero attached hydrogens (tertiary/aromatic N) is 1. The molecular weight excluding hydrogens is 433 g/mol. The molecule has 2 aromatic carbocycles. The van der Waals surface area contributed by atoms with Crippen molar-refractivity contribution in [3.05, 3.63) is 79.5 Å². The normalized spacial score (nSPS) is 10.8.